The lowest BCUT2D eigenvalue weighted by Gasteiger charge is -2.05. The molecule has 0 saturated carbocycles. The third-order valence-electron chi connectivity index (χ3n) is 1.86. The molecule has 1 rings (SSSR count). The summed E-state index contributed by atoms with van der Waals surface area (Å²) in [4.78, 5) is 11.1. The first-order valence-corrected chi connectivity index (χ1v) is 7.11. The van der Waals surface area contributed by atoms with Crippen LogP contribution in [0.3, 0.4) is 0 Å². The summed E-state index contributed by atoms with van der Waals surface area (Å²) in [5.41, 5.74) is 0. The van der Waals surface area contributed by atoms with Gasteiger partial charge in [-0.25, -0.2) is 8.42 Å². The Morgan fingerprint density at radius 1 is 1.29 bits per heavy atom. The van der Waals surface area contributed by atoms with E-state index < -0.39 is 21.6 Å². The van der Waals surface area contributed by atoms with E-state index in [0.29, 0.717) is 0 Å². The molecule has 94 valence electrons. The maximum Gasteiger partial charge on any atom is 0.321 e. The van der Waals surface area contributed by atoms with Crippen LogP contribution < -0.4 is 0 Å². The second-order valence-electron chi connectivity index (χ2n) is 3.14. The van der Waals surface area contributed by atoms with Crippen molar-refractivity contribution < 1.29 is 17.9 Å². The van der Waals surface area contributed by atoms with Crippen molar-refractivity contribution >= 4 is 39.0 Å². The predicted octanol–water partition coefficient (Wildman–Crippen LogP) is 2.33. The highest BCUT2D eigenvalue weighted by molar-refractivity contribution is 7.92. The van der Waals surface area contributed by atoms with Gasteiger partial charge in [0.1, 0.15) is 0 Å². The van der Waals surface area contributed by atoms with Crippen LogP contribution in [0, 0.1) is 0 Å². The molecular formula is C10H10Cl2O4S. The topological polar surface area (TPSA) is 60.4 Å². The van der Waals surface area contributed by atoms with E-state index >= 15 is 0 Å². The minimum Gasteiger partial charge on any atom is -0.465 e. The van der Waals surface area contributed by atoms with E-state index in [9.17, 15) is 13.2 Å². The summed E-state index contributed by atoms with van der Waals surface area (Å²) in [5, 5.41) is 0.373. The Morgan fingerprint density at radius 3 is 2.47 bits per heavy atom. The average Bonchev–Trinajstić information content (AvgIpc) is 2.21. The highest BCUT2D eigenvalue weighted by Gasteiger charge is 2.20. The van der Waals surface area contributed by atoms with Crippen LogP contribution in [0.4, 0.5) is 0 Å². The second kappa shape index (κ2) is 5.71. The number of hydrogen-bond donors (Lipinski definition) is 0. The van der Waals surface area contributed by atoms with Gasteiger partial charge in [0.15, 0.2) is 15.6 Å². The van der Waals surface area contributed by atoms with Crippen molar-refractivity contribution in [1.82, 2.24) is 0 Å². The smallest absolute Gasteiger partial charge is 0.321 e. The van der Waals surface area contributed by atoms with Gasteiger partial charge in [-0.3, -0.25) is 4.79 Å². The number of esters is 1. The van der Waals surface area contributed by atoms with Gasteiger partial charge >= 0.3 is 5.97 Å². The molecule has 0 saturated heterocycles. The number of hydrogen-bond acceptors (Lipinski definition) is 4. The third-order valence-corrected chi connectivity index (χ3v) is 4.19. The molecule has 0 unspecified atom stereocenters. The number of benzene rings is 1. The summed E-state index contributed by atoms with van der Waals surface area (Å²) in [5.74, 6) is -1.50. The fourth-order valence-corrected chi connectivity index (χ4v) is 2.61. The van der Waals surface area contributed by atoms with Crippen molar-refractivity contribution in [2.75, 3.05) is 12.4 Å². The summed E-state index contributed by atoms with van der Waals surface area (Å²) in [6, 6.07) is 3.86. The molecule has 17 heavy (non-hydrogen) atoms. The Hall–Kier alpha value is -0.780. The lowest BCUT2D eigenvalue weighted by Crippen LogP contribution is -2.18. The van der Waals surface area contributed by atoms with E-state index in [1.165, 1.54) is 18.2 Å². The van der Waals surface area contributed by atoms with Crippen LogP contribution in [0.15, 0.2) is 23.1 Å². The van der Waals surface area contributed by atoms with E-state index in [0.717, 1.165) is 0 Å². The molecular weight excluding hydrogens is 287 g/mol. The highest BCUT2D eigenvalue weighted by atomic mass is 35.5. The molecule has 0 radical (unpaired) electrons. The lowest BCUT2D eigenvalue weighted by atomic mass is 10.4. The van der Waals surface area contributed by atoms with Crippen molar-refractivity contribution in [3.05, 3.63) is 28.2 Å². The van der Waals surface area contributed by atoms with Gasteiger partial charge in [0.2, 0.25) is 0 Å². The van der Waals surface area contributed by atoms with E-state index in [1.807, 2.05) is 0 Å². The van der Waals surface area contributed by atoms with Crippen molar-refractivity contribution in [2.24, 2.45) is 0 Å². The number of carbonyl (C=O) groups excluding carboxylic acids is 1. The highest BCUT2D eigenvalue weighted by Crippen LogP contribution is 2.25. The Labute approximate surface area is 109 Å². The molecule has 4 nitrogen and oxygen atoms in total. The van der Waals surface area contributed by atoms with E-state index in [2.05, 4.69) is 4.74 Å². The number of rotatable bonds is 4. The Bertz CT molecular complexity index is 525. The summed E-state index contributed by atoms with van der Waals surface area (Å²) in [7, 11) is -3.74. The summed E-state index contributed by atoms with van der Waals surface area (Å²) in [6.45, 7) is 1.74. The fraction of sp³-hybridized carbons (Fsp3) is 0.300. The second-order valence-corrected chi connectivity index (χ2v) is 5.94. The molecule has 0 fully saturated rings. The summed E-state index contributed by atoms with van der Waals surface area (Å²) >= 11 is 11.4. The van der Waals surface area contributed by atoms with Crippen molar-refractivity contribution in [3.63, 3.8) is 0 Å². The number of sulfone groups is 1. The molecule has 0 aliphatic rings. The Morgan fingerprint density at radius 2 is 1.94 bits per heavy atom. The van der Waals surface area contributed by atoms with Gasteiger partial charge in [0.05, 0.1) is 21.5 Å². The molecule has 0 atom stereocenters. The van der Waals surface area contributed by atoms with Crippen LogP contribution in [0.1, 0.15) is 6.92 Å². The number of ether oxygens (including phenoxy) is 1. The van der Waals surface area contributed by atoms with Crippen molar-refractivity contribution in [1.29, 1.82) is 0 Å². The molecule has 1 aromatic rings. The third kappa shape index (κ3) is 3.87. The van der Waals surface area contributed by atoms with E-state index in [-0.39, 0.29) is 21.5 Å². The number of carbonyl (C=O) groups is 1. The van der Waals surface area contributed by atoms with Crippen LogP contribution in [0.2, 0.25) is 10.0 Å². The molecule has 0 heterocycles. The van der Waals surface area contributed by atoms with E-state index in [1.54, 1.807) is 6.92 Å². The van der Waals surface area contributed by atoms with Gasteiger partial charge in [-0.15, -0.1) is 0 Å². The molecule has 7 heteroatoms. The Balaban J connectivity index is 2.97. The molecule has 1 aromatic carbocycles. The zero-order valence-electron chi connectivity index (χ0n) is 8.94. The fourth-order valence-electron chi connectivity index (χ4n) is 1.11. The first-order chi connectivity index (χ1) is 7.86. The standard InChI is InChI=1S/C10H10Cl2O4S/c1-2-16-10(13)6-17(14,15)7-3-4-8(11)9(12)5-7/h3-5H,2,6H2,1H3. The minimum absolute atomic E-state index is 0.0556. The normalized spacial score (nSPS) is 11.2. The van der Waals surface area contributed by atoms with Crippen LogP contribution in [-0.2, 0) is 19.4 Å². The maximum absolute atomic E-state index is 11.8. The van der Waals surface area contributed by atoms with Crippen LogP contribution >= 0.6 is 23.2 Å². The van der Waals surface area contributed by atoms with Crippen LogP contribution in [0.25, 0.3) is 0 Å². The van der Waals surface area contributed by atoms with Crippen LogP contribution in [-0.4, -0.2) is 26.7 Å². The monoisotopic (exact) mass is 296 g/mol. The maximum atomic E-state index is 11.8. The van der Waals surface area contributed by atoms with Crippen LogP contribution in [0.5, 0.6) is 0 Å². The van der Waals surface area contributed by atoms with E-state index in [4.69, 9.17) is 23.2 Å². The van der Waals surface area contributed by atoms with Gasteiger partial charge in [-0.2, -0.15) is 0 Å². The first-order valence-electron chi connectivity index (χ1n) is 4.70. The summed E-state index contributed by atoms with van der Waals surface area (Å²) in [6.07, 6.45) is 0. The molecule has 0 aromatic heterocycles. The molecule has 0 spiro atoms. The molecule has 0 N–H and O–H groups in total. The predicted molar refractivity (Wildman–Crippen MR) is 65.1 cm³/mol. The van der Waals surface area contributed by atoms with Crippen molar-refractivity contribution in [2.45, 2.75) is 11.8 Å². The first kappa shape index (κ1) is 14.3. The molecule has 0 aliphatic carbocycles. The number of halogens is 2. The van der Waals surface area contributed by atoms with Gasteiger partial charge in [0, 0.05) is 0 Å². The summed E-state index contributed by atoms with van der Waals surface area (Å²) < 4.78 is 28.1. The molecule has 0 bridgehead atoms. The van der Waals surface area contributed by atoms with Gasteiger partial charge in [-0.1, -0.05) is 23.2 Å². The zero-order chi connectivity index (χ0) is 13.1. The van der Waals surface area contributed by atoms with Gasteiger partial charge in [0.25, 0.3) is 0 Å². The molecule has 0 aliphatic heterocycles. The van der Waals surface area contributed by atoms with Gasteiger partial charge in [-0.05, 0) is 25.1 Å². The lowest BCUT2D eigenvalue weighted by molar-refractivity contribution is -0.139. The van der Waals surface area contributed by atoms with Crippen molar-refractivity contribution in [3.8, 4) is 0 Å². The Kier molecular flexibility index (Phi) is 4.80. The molecule has 0 amide bonds. The minimum atomic E-state index is -3.74. The quantitative estimate of drug-likeness (QED) is 0.800. The largest absolute Gasteiger partial charge is 0.465 e. The average molecular weight is 297 g/mol. The zero-order valence-corrected chi connectivity index (χ0v) is 11.3. The SMILES string of the molecule is CCOC(=O)CS(=O)(=O)c1ccc(Cl)c(Cl)c1. The van der Waals surface area contributed by atoms with Gasteiger partial charge < -0.3 is 4.74 Å².